The van der Waals surface area contributed by atoms with E-state index < -0.39 is 0 Å². The highest BCUT2D eigenvalue weighted by Crippen LogP contribution is 2.58. The molecular weight excluding hydrogens is 430 g/mol. The molecule has 1 spiro atoms. The molecular formula is C27H45N3O4. The first-order valence-electron chi connectivity index (χ1n) is 13.5. The van der Waals surface area contributed by atoms with Gasteiger partial charge in [0.1, 0.15) is 0 Å². The van der Waals surface area contributed by atoms with Crippen LogP contribution in [0.3, 0.4) is 0 Å². The lowest BCUT2D eigenvalue weighted by atomic mass is 9.53. The number of rotatable bonds is 5. The zero-order chi connectivity index (χ0) is 24.4. The van der Waals surface area contributed by atoms with Crippen molar-refractivity contribution in [3.63, 3.8) is 0 Å². The highest BCUT2D eigenvalue weighted by Gasteiger charge is 2.57. The molecule has 192 valence electrons. The summed E-state index contributed by atoms with van der Waals surface area (Å²) in [6, 6.07) is 0. The molecule has 2 bridgehead atoms. The van der Waals surface area contributed by atoms with Crippen LogP contribution in [0.25, 0.3) is 0 Å². The molecule has 3 aliphatic carbocycles. The minimum Gasteiger partial charge on any atom is -0.469 e. The molecule has 0 aromatic rings. The van der Waals surface area contributed by atoms with E-state index in [1.165, 1.54) is 7.11 Å². The van der Waals surface area contributed by atoms with Crippen molar-refractivity contribution in [1.29, 1.82) is 0 Å². The Morgan fingerprint density at radius 2 is 1.29 bits per heavy atom. The molecule has 0 aromatic carbocycles. The summed E-state index contributed by atoms with van der Waals surface area (Å²) in [5, 5.41) is 0. The first-order chi connectivity index (χ1) is 16.2. The van der Waals surface area contributed by atoms with Gasteiger partial charge in [-0.05, 0) is 78.3 Å². The van der Waals surface area contributed by atoms with Gasteiger partial charge in [-0.15, -0.1) is 0 Å². The van der Waals surface area contributed by atoms with Crippen molar-refractivity contribution in [1.82, 2.24) is 14.7 Å². The maximum atomic E-state index is 14.1. The molecule has 1 unspecified atom stereocenters. The predicted molar refractivity (Wildman–Crippen MR) is 131 cm³/mol. The van der Waals surface area contributed by atoms with Crippen LogP contribution >= 0.6 is 0 Å². The number of carbonyl (C=O) groups excluding carboxylic acids is 3. The van der Waals surface area contributed by atoms with Crippen LogP contribution in [0, 0.1) is 16.2 Å². The van der Waals surface area contributed by atoms with Gasteiger partial charge in [-0.2, -0.15) is 0 Å². The van der Waals surface area contributed by atoms with Crippen LogP contribution in [0.5, 0.6) is 0 Å². The van der Waals surface area contributed by atoms with E-state index in [2.05, 4.69) is 14.7 Å². The minimum absolute atomic E-state index is 0.0200. The number of methoxy groups -OCH3 is 1. The van der Waals surface area contributed by atoms with Crippen molar-refractivity contribution in [2.24, 2.45) is 16.2 Å². The molecule has 2 heterocycles. The number of esters is 1. The van der Waals surface area contributed by atoms with Crippen molar-refractivity contribution in [3.8, 4) is 0 Å². The van der Waals surface area contributed by atoms with Crippen LogP contribution in [-0.4, -0.2) is 86.4 Å². The molecule has 0 aromatic heterocycles. The number of ether oxygens (including phenoxy) is 1. The molecule has 1 atom stereocenters. The van der Waals surface area contributed by atoms with E-state index >= 15 is 0 Å². The van der Waals surface area contributed by atoms with Gasteiger partial charge in [-0.25, -0.2) is 0 Å². The van der Waals surface area contributed by atoms with Crippen molar-refractivity contribution >= 4 is 17.8 Å². The molecule has 5 aliphatic rings. The van der Waals surface area contributed by atoms with Crippen LogP contribution in [0.1, 0.15) is 83.5 Å². The SMILES string of the molecule is COC(=O)C12CCC(C(=O)N3CCCCC4(CCCCN(C(=O)CCN(C)C)C4)C3)(CC1)CC2. The Morgan fingerprint density at radius 1 is 0.765 bits per heavy atom. The van der Waals surface area contributed by atoms with Gasteiger partial charge < -0.3 is 19.4 Å². The minimum atomic E-state index is -0.356. The predicted octanol–water partition coefficient (Wildman–Crippen LogP) is 3.46. The normalized spacial score (nSPS) is 34.1. The highest BCUT2D eigenvalue weighted by molar-refractivity contribution is 5.85. The lowest BCUT2D eigenvalue weighted by molar-refractivity contribution is -0.170. The zero-order valence-corrected chi connectivity index (χ0v) is 21.7. The van der Waals surface area contributed by atoms with Gasteiger partial charge in [0, 0.05) is 50.0 Å². The number of nitrogens with zero attached hydrogens (tertiary/aromatic N) is 3. The fourth-order valence-corrected chi connectivity index (χ4v) is 7.29. The zero-order valence-electron chi connectivity index (χ0n) is 21.7. The summed E-state index contributed by atoms with van der Waals surface area (Å²) in [6.45, 7) is 4.04. The van der Waals surface area contributed by atoms with E-state index in [0.717, 1.165) is 110 Å². The Kier molecular flexibility index (Phi) is 7.61. The Bertz CT molecular complexity index is 753. The van der Waals surface area contributed by atoms with Gasteiger partial charge in [-0.3, -0.25) is 14.4 Å². The first-order valence-corrected chi connectivity index (χ1v) is 13.5. The number of fused-ring (bicyclic) bond motifs is 3. The monoisotopic (exact) mass is 475 g/mol. The smallest absolute Gasteiger partial charge is 0.311 e. The second-order valence-corrected chi connectivity index (χ2v) is 12.1. The molecule has 5 fully saturated rings. The van der Waals surface area contributed by atoms with Crippen LogP contribution < -0.4 is 0 Å². The number of likely N-dealkylation sites (tertiary alicyclic amines) is 2. The maximum Gasteiger partial charge on any atom is 0.311 e. The Morgan fingerprint density at radius 3 is 1.85 bits per heavy atom. The van der Waals surface area contributed by atoms with E-state index in [1.807, 2.05) is 14.1 Å². The topological polar surface area (TPSA) is 70.2 Å². The second-order valence-electron chi connectivity index (χ2n) is 12.1. The summed E-state index contributed by atoms with van der Waals surface area (Å²) in [5.74, 6) is 0.496. The standard InChI is InChI=1S/C27H45N3O4/c1-28(2)19-8-22(31)29-17-6-4-9-25(20-29)10-5-7-18-30(21-25)23(32)26-11-14-27(15-12-26,16-13-26)24(33)34-3/h4-21H2,1-3H3. The fourth-order valence-electron chi connectivity index (χ4n) is 7.29. The third-order valence-electron chi connectivity index (χ3n) is 9.55. The first kappa shape index (κ1) is 25.5. The van der Waals surface area contributed by atoms with Gasteiger partial charge in [-0.1, -0.05) is 12.8 Å². The number of hydrogen-bond acceptors (Lipinski definition) is 5. The van der Waals surface area contributed by atoms with E-state index in [-0.39, 0.29) is 28.1 Å². The van der Waals surface area contributed by atoms with E-state index in [9.17, 15) is 14.4 Å². The molecule has 7 nitrogen and oxygen atoms in total. The molecule has 2 saturated heterocycles. The third-order valence-corrected chi connectivity index (χ3v) is 9.55. The summed E-state index contributed by atoms with van der Waals surface area (Å²) in [6.07, 6.45) is 11.9. The molecule has 0 radical (unpaired) electrons. The number of carbonyl (C=O) groups is 3. The van der Waals surface area contributed by atoms with Gasteiger partial charge in [0.05, 0.1) is 12.5 Å². The molecule has 0 N–H and O–H groups in total. The Hall–Kier alpha value is -1.63. The molecule has 2 amide bonds. The molecule has 34 heavy (non-hydrogen) atoms. The second kappa shape index (κ2) is 10.2. The highest BCUT2D eigenvalue weighted by atomic mass is 16.5. The summed E-state index contributed by atoms with van der Waals surface area (Å²) < 4.78 is 5.11. The maximum absolute atomic E-state index is 14.1. The summed E-state index contributed by atoms with van der Waals surface area (Å²) >= 11 is 0. The van der Waals surface area contributed by atoms with Gasteiger partial charge in [0.2, 0.25) is 11.8 Å². The summed E-state index contributed by atoms with van der Waals surface area (Å²) in [4.78, 5) is 45.9. The largest absolute Gasteiger partial charge is 0.469 e. The van der Waals surface area contributed by atoms with Gasteiger partial charge in [0.15, 0.2) is 0 Å². The van der Waals surface area contributed by atoms with Crippen molar-refractivity contribution in [2.75, 3.05) is 53.9 Å². The van der Waals surface area contributed by atoms with Gasteiger partial charge in [0.25, 0.3) is 0 Å². The van der Waals surface area contributed by atoms with Crippen molar-refractivity contribution < 1.29 is 19.1 Å². The Balaban J connectivity index is 1.46. The van der Waals surface area contributed by atoms with Crippen LogP contribution in [0.15, 0.2) is 0 Å². The lowest BCUT2D eigenvalue weighted by Gasteiger charge is -2.52. The third kappa shape index (κ3) is 5.00. The van der Waals surface area contributed by atoms with Crippen LogP contribution in [0.2, 0.25) is 0 Å². The average Bonchev–Trinajstić information content (AvgIpc) is 3.20. The number of amides is 2. The fraction of sp³-hybridized carbons (Fsp3) is 0.889. The van der Waals surface area contributed by atoms with Crippen molar-refractivity contribution in [2.45, 2.75) is 83.5 Å². The van der Waals surface area contributed by atoms with E-state index in [0.29, 0.717) is 12.3 Å². The number of hydrogen-bond donors (Lipinski definition) is 0. The quantitative estimate of drug-likeness (QED) is 0.570. The summed E-state index contributed by atoms with van der Waals surface area (Å²) in [7, 11) is 5.50. The van der Waals surface area contributed by atoms with Gasteiger partial charge >= 0.3 is 5.97 Å². The molecule has 2 aliphatic heterocycles. The lowest BCUT2D eigenvalue weighted by Crippen LogP contribution is -2.55. The van der Waals surface area contributed by atoms with Crippen LogP contribution in [0.4, 0.5) is 0 Å². The molecule has 3 saturated carbocycles. The molecule has 5 rings (SSSR count). The molecule has 7 heteroatoms. The van der Waals surface area contributed by atoms with E-state index in [1.54, 1.807) is 0 Å². The van der Waals surface area contributed by atoms with Crippen LogP contribution in [-0.2, 0) is 19.1 Å². The Labute approximate surface area is 205 Å². The van der Waals surface area contributed by atoms with E-state index in [4.69, 9.17) is 4.74 Å². The van der Waals surface area contributed by atoms with Crippen molar-refractivity contribution in [3.05, 3.63) is 0 Å². The average molecular weight is 476 g/mol. The summed E-state index contributed by atoms with van der Waals surface area (Å²) in [5.41, 5.74) is -0.634.